The van der Waals surface area contributed by atoms with E-state index < -0.39 is 0 Å². The molecule has 8 nitrogen and oxygen atoms in total. The lowest BCUT2D eigenvalue weighted by atomic mass is 10.0. The molecule has 2 fully saturated rings. The minimum Gasteiger partial charge on any atom is -0.349 e. The Labute approximate surface area is 215 Å². The third kappa shape index (κ3) is 8.07. The molecule has 198 valence electrons. The minimum absolute atomic E-state index is 0.0434. The monoisotopic (exact) mass is 498 g/mol. The highest BCUT2D eigenvalue weighted by Crippen LogP contribution is 2.16. The number of nitrogens with one attached hydrogen (secondary N) is 2. The van der Waals surface area contributed by atoms with E-state index in [1.807, 2.05) is 37.5 Å². The fourth-order valence-electron chi connectivity index (χ4n) is 4.81. The molecule has 4 amide bonds. The molecule has 0 spiro atoms. The highest BCUT2D eigenvalue weighted by atomic mass is 16.2. The number of carbonyl (C=O) groups excluding carboxylic acids is 4. The molecule has 8 heteroatoms. The van der Waals surface area contributed by atoms with E-state index >= 15 is 0 Å². The Balaban J connectivity index is 1.42. The standard InChI is InChI=1S/C28H42N4O4/c1-19(2)17-25(33)31-13-9-23(10-14-31)29-27(35)21-5-7-22(8-6-21)28(36)30-24-11-15-32(16-12-24)26(34)18-20(3)4/h5-8,19-20,23-24H,9-18H2,1-4H3,(H,29,35)(H,30,36). The van der Waals surface area contributed by atoms with Crippen molar-refractivity contribution in [3.63, 3.8) is 0 Å². The Kier molecular flexibility index (Phi) is 9.90. The summed E-state index contributed by atoms with van der Waals surface area (Å²) in [6.45, 7) is 10.8. The third-order valence-electron chi connectivity index (χ3n) is 6.94. The number of hydrogen-bond donors (Lipinski definition) is 2. The molecule has 2 heterocycles. The minimum atomic E-state index is -0.160. The lowest BCUT2D eigenvalue weighted by Gasteiger charge is -2.33. The Morgan fingerprint density at radius 3 is 1.25 bits per heavy atom. The first-order valence-corrected chi connectivity index (χ1v) is 13.4. The Morgan fingerprint density at radius 1 is 0.667 bits per heavy atom. The van der Waals surface area contributed by atoms with Crippen molar-refractivity contribution in [1.82, 2.24) is 20.4 Å². The molecule has 2 N–H and O–H groups in total. The molecule has 0 bridgehead atoms. The zero-order valence-corrected chi connectivity index (χ0v) is 22.2. The second-order valence-electron chi connectivity index (χ2n) is 11.0. The van der Waals surface area contributed by atoms with E-state index in [0.717, 1.165) is 25.7 Å². The molecular formula is C28H42N4O4. The molecule has 0 aromatic heterocycles. The van der Waals surface area contributed by atoms with Crippen molar-refractivity contribution in [2.75, 3.05) is 26.2 Å². The van der Waals surface area contributed by atoms with Crippen LogP contribution in [0.3, 0.4) is 0 Å². The zero-order valence-electron chi connectivity index (χ0n) is 22.2. The van der Waals surface area contributed by atoms with Gasteiger partial charge < -0.3 is 20.4 Å². The molecule has 0 unspecified atom stereocenters. The highest BCUT2D eigenvalue weighted by molar-refractivity contribution is 5.98. The van der Waals surface area contributed by atoms with Gasteiger partial charge in [-0.25, -0.2) is 0 Å². The highest BCUT2D eigenvalue weighted by Gasteiger charge is 2.26. The number of likely N-dealkylation sites (tertiary alicyclic amines) is 2. The summed E-state index contributed by atoms with van der Waals surface area (Å²) < 4.78 is 0. The van der Waals surface area contributed by atoms with Crippen LogP contribution in [-0.4, -0.2) is 71.7 Å². The average Bonchev–Trinajstić information content (AvgIpc) is 2.84. The summed E-state index contributed by atoms with van der Waals surface area (Å²) in [7, 11) is 0. The van der Waals surface area contributed by atoms with Gasteiger partial charge in [-0.3, -0.25) is 19.2 Å². The van der Waals surface area contributed by atoms with Crippen molar-refractivity contribution in [3.8, 4) is 0 Å². The summed E-state index contributed by atoms with van der Waals surface area (Å²) in [5, 5.41) is 6.13. The molecule has 2 saturated heterocycles. The molecule has 1 aromatic carbocycles. The maximum Gasteiger partial charge on any atom is 0.251 e. The summed E-state index contributed by atoms with van der Waals surface area (Å²) in [5.74, 6) is 0.749. The molecule has 3 rings (SSSR count). The number of rotatable bonds is 8. The van der Waals surface area contributed by atoms with Gasteiger partial charge in [-0.15, -0.1) is 0 Å². The maximum absolute atomic E-state index is 12.7. The van der Waals surface area contributed by atoms with Crippen molar-refractivity contribution in [2.24, 2.45) is 11.8 Å². The summed E-state index contributed by atoms with van der Waals surface area (Å²) in [6, 6.07) is 6.80. The van der Waals surface area contributed by atoms with E-state index in [1.54, 1.807) is 24.3 Å². The molecule has 0 radical (unpaired) electrons. The first kappa shape index (κ1) is 27.7. The number of amides is 4. The summed E-state index contributed by atoms with van der Waals surface area (Å²) in [6.07, 6.45) is 4.12. The van der Waals surface area contributed by atoms with Crippen molar-refractivity contribution in [3.05, 3.63) is 35.4 Å². The van der Waals surface area contributed by atoms with Crippen molar-refractivity contribution in [1.29, 1.82) is 0 Å². The first-order valence-electron chi connectivity index (χ1n) is 13.4. The number of carbonyl (C=O) groups is 4. The van der Waals surface area contributed by atoms with Crippen LogP contribution in [0.25, 0.3) is 0 Å². The van der Waals surface area contributed by atoms with Gasteiger partial charge in [0, 0.05) is 62.2 Å². The molecule has 2 aliphatic rings. The van der Waals surface area contributed by atoms with Crippen molar-refractivity contribution >= 4 is 23.6 Å². The topological polar surface area (TPSA) is 98.8 Å². The van der Waals surface area contributed by atoms with Crippen LogP contribution in [0.1, 0.15) is 86.9 Å². The predicted octanol–water partition coefficient (Wildman–Crippen LogP) is 3.22. The third-order valence-corrected chi connectivity index (χ3v) is 6.94. The van der Waals surface area contributed by atoms with Gasteiger partial charge in [0.25, 0.3) is 11.8 Å². The summed E-state index contributed by atoms with van der Waals surface area (Å²) >= 11 is 0. The van der Waals surface area contributed by atoms with E-state index in [9.17, 15) is 19.2 Å². The molecule has 0 saturated carbocycles. The molecule has 36 heavy (non-hydrogen) atoms. The fourth-order valence-corrected chi connectivity index (χ4v) is 4.81. The lowest BCUT2D eigenvalue weighted by Crippen LogP contribution is -2.47. The predicted molar refractivity (Wildman–Crippen MR) is 139 cm³/mol. The summed E-state index contributed by atoms with van der Waals surface area (Å²) in [4.78, 5) is 53.7. The van der Waals surface area contributed by atoms with Crippen molar-refractivity contribution < 1.29 is 19.2 Å². The van der Waals surface area contributed by atoms with E-state index in [-0.39, 0.29) is 35.7 Å². The van der Waals surface area contributed by atoms with Gasteiger partial charge in [-0.05, 0) is 61.8 Å². The quantitative estimate of drug-likeness (QED) is 0.575. The number of hydrogen-bond acceptors (Lipinski definition) is 4. The van der Waals surface area contributed by atoms with Crippen LogP contribution in [-0.2, 0) is 9.59 Å². The number of piperidine rings is 2. The van der Waals surface area contributed by atoms with Gasteiger partial charge in [0.2, 0.25) is 11.8 Å². The van der Waals surface area contributed by atoms with Gasteiger partial charge in [0.15, 0.2) is 0 Å². The van der Waals surface area contributed by atoms with Crippen LogP contribution in [0.15, 0.2) is 24.3 Å². The average molecular weight is 499 g/mol. The maximum atomic E-state index is 12.7. The van der Waals surface area contributed by atoms with E-state index in [2.05, 4.69) is 10.6 Å². The van der Waals surface area contributed by atoms with Crippen LogP contribution >= 0.6 is 0 Å². The van der Waals surface area contributed by atoms with Crippen LogP contribution < -0.4 is 10.6 Å². The van der Waals surface area contributed by atoms with Gasteiger partial charge in [0.05, 0.1) is 0 Å². The van der Waals surface area contributed by atoms with Gasteiger partial charge >= 0.3 is 0 Å². The smallest absolute Gasteiger partial charge is 0.251 e. The van der Waals surface area contributed by atoms with Crippen molar-refractivity contribution in [2.45, 2.75) is 78.3 Å². The Bertz CT molecular complexity index is 837. The van der Waals surface area contributed by atoms with Crippen LogP contribution in [0.2, 0.25) is 0 Å². The Hall–Kier alpha value is -2.90. The summed E-state index contributed by atoms with van der Waals surface area (Å²) in [5.41, 5.74) is 1.03. The number of nitrogens with zero attached hydrogens (tertiary/aromatic N) is 2. The van der Waals surface area contributed by atoms with E-state index in [4.69, 9.17) is 0 Å². The van der Waals surface area contributed by atoms with E-state index in [0.29, 0.717) is 62.0 Å². The van der Waals surface area contributed by atoms with Crippen LogP contribution in [0.5, 0.6) is 0 Å². The molecule has 1 aromatic rings. The zero-order chi connectivity index (χ0) is 26.2. The SMILES string of the molecule is CC(C)CC(=O)N1CCC(NC(=O)c2ccc(C(=O)NC3CCN(C(=O)CC(C)C)CC3)cc2)CC1. The van der Waals surface area contributed by atoms with Gasteiger partial charge in [-0.2, -0.15) is 0 Å². The van der Waals surface area contributed by atoms with Gasteiger partial charge in [0.1, 0.15) is 0 Å². The van der Waals surface area contributed by atoms with E-state index in [1.165, 1.54) is 0 Å². The molecule has 0 atom stereocenters. The molecule has 2 aliphatic heterocycles. The first-order chi connectivity index (χ1) is 17.1. The fraction of sp³-hybridized carbons (Fsp3) is 0.643. The molecule has 0 aliphatic carbocycles. The lowest BCUT2D eigenvalue weighted by molar-refractivity contribution is -0.133. The van der Waals surface area contributed by atoms with Crippen LogP contribution in [0.4, 0.5) is 0 Å². The van der Waals surface area contributed by atoms with Crippen LogP contribution in [0, 0.1) is 11.8 Å². The Morgan fingerprint density at radius 2 is 0.972 bits per heavy atom. The second-order valence-corrected chi connectivity index (χ2v) is 11.0. The number of benzene rings is 1. The molecular weight excluding hydrogens is 456 g/mol. The second kappa shape index (κ2) is 12.9. The normalized spacial score (nSPS) is 17.4. The largest absolute Gasteiger partial charge is 0.349 e. The van der Waals surface area contributed by atoms with Gasteiger partial charge in [-0.1, -0.05) is 27.7 Å².